The minimum atomic E-state index is -0.172. The van der Waals surface area contributed by atoms with E-state index in [1.165, 1.54) is 5.56 Å². The van der Waals surface area contributed by atoms with Gasteiger partial charge in [-0.2, -0.15) is 0 Å². The van der Waals surface area contributed by atoms with Crippen molar-refractivity contribution < 1.29 is 14.3 Å². The Balaban J connectivity index is 2.11. The summed E-state index contributed by atoms with van der Waals surface area (Å²) in [5, 5.41) is 2.89. The number of carbonyl (C=O) groups is 1. The number of nitrogens with one attached hydrogen (secondary N) is 1. The average molecular weight is 313 g/mol. The summed E-state index contributed by atoms with van der Waals surface area (Å²) in [6.07, 6.45) is 1.89. The molecule has 0 aliphatic carbocycles. The number of hydrogen-bond donors (Lipinski definition) is 1. The zero-order valence-corrected chi connectivity index (χ0v) is 13.9. The van der Waals surface area contributed by atoms with Gasteiger partial charge in [-0.15, -0.1) is 0 Å². The Morgan fingerprint density at radius 3 is 2.39 bits per heavy atom. The topological polar surface area (TPSA) is 47.6 Å². The number of carbonyl (C=O) groups excluding carboxylic acids is 1. The number of aryl methyl sites for hydroxylation is 1. The number of methoxy groups -OCH3 is 1. The molecule has 0 saturated heterocycles. The minimum absolute atomic E-state index is 0.172. The Bertz CT molecular complexity index is 650. The van der Waals surface area contributed by atoms with Gasteiger partial charge in [0.2, 0.25) is 0 Å². The minimum Gasteiger partial charge on any atom is -0.493 e. The van der Waals surface area contributed by atoms with Crippen LogP contribution in [0.4, 0.5) is 5.69 Å². The van der Waals surface area contributed by atoms with Crippen LogP contribution in [-0.2, 0) is 6.42 Å². The third-order valence-corrected chi connectivity index (χ3v) is 3.51. The highest BCUT2D eigenvalue weighted by Gasteiger charge is 2.11. The van der Waals surface area contributed by atoms with Crippen LogP contribution in [-0.4, -0.2) is 19.6 Å². The van der Waals surface area contributed by atoms with Crippen LogP contribution >= 0.6 is 0 Å². The molecule has 0 aliphatic heterocycles. The predicted octanol–water partition coefficient (Wildman–Crippen LogP) is 4.30. The van der Waals surface area contributed by atoms with Crippen molar-refractivity contribution in [2.75, 3.05) is 19.0 Å². The first-order valence-electron chi connectivity index (χ1n) is 7.89. The second-order valence-electron chi connectivity index (χ2n) is 5.22. The molecule has 0 spiro atoms. The molecule has 23 heavy (non-hydrogen) atoms. The van der Waals surface area contributed by atoms with Crippen molar-refractivity contribution in [2.24, 2.45) is 0 Å². The first-order valence-corrected chi connectivity index (χ1v) is 7.89. The molecular weight excluding hydrogens is 290 g/mol. The van der Waals surface area contributed by atoms with E-state index in [1.54, 1.807) is 25.3 Å². The fraction of sp³-hybridized carbons (Fsp3) is 0.316. The van der Waals surface area contributed by atoms with Gasteiger partial charge in [-0.1, -0.05) is 26.0 Å². The number of benzene rings is 2. The van der Waals surface area contributed by atoms with Crippen LogP contribution in [0.25, 0.3) is 0 Å². The van der Waals surface area contributed by atoms with Crippen molar-refractivity contribution >= 4 is 11.6 Å². The van der Waals surface area contributed by atoms with Gasteiger partial charge in [-0.05, 0) is 48.7 Å². The summed E-state index contributed by atoms with van der Waals surface area (Å²) in [5.74, 6) is 1.04. The first-order chi connectivity index (χ1) is 11.2. The molecule has 0 unspecified atom stereocenters. The number of amides is 1. The highest BCUT2D eigenvalue weighted by molar-refractivity contribution is 6.04. The summed E-state index contributed by atoms with van der Waals surface area (Å²) in [4.78, 5) is 12.4. The summed E-state index contributed by atoms with van der Waals surface area (Å²) in [6.45, 7) is 4.76. The Kier molecular flexibility index (Phi) is 6.03. The average Bonchev–Trinajstić information content (AvgIpc) is 2.60. The van der Waals surface area contributed by atoms with Crippen molar-refractivity contribution in [2.45, 2.75) is 26.7 Å². The molecule has 0 heterocycles. The maximum atomic E-state index is 12.4. The predicted molar refractivity (Wildman–Crippen MR) is 92.6 cm³/mol. The Hall–Kier alpha value is -2.49. The lowest BCUT2D eigenvalue weighted by Crippen LogP contribution is -2.12. The van der Waals surface area contributed by atoms with E-state index in [4.69, 9.17) is 9.47 Å². The summed E-state index contributed by atoms with van der Waals surface area (Å²) >= 11 is 0. The zero-order chi connectivity index (χ0) is 16.7. The molecular formula is C19H23NO3. The van der Waals surface area contributed by atoms with Gasteiger partial charge in [0.05, 0.1) is 13.7 Å². The molecule has 0 atom stereocenters. The van der Waals surface area contributed by atoms with Crippen LogP contribution in [0.3, 0.4) is 0 Å². The van der Waals surface area contributed by atoms with Gasteiger partial charge in [-0.25, -0.2) is 0 Å². The standard InChI is InChI=1S/C19H23NO3/c1-4-12-23-17-11-8-15(13-18(17)22-3)19(21)20-16-9-6-14(5-2)7-10-16/h6-11,13H,4-5,12H2,1-3H3,(H,20,21). The van der Waals surface area contributed by atoms with Gasteiger partial charge in [0.25, 0.3) is 5.91 Å². The SMILES string of the molecule is CCCOc1ccc(C(=O)Nc2ccc(CC)cc2)cc1OC. The van der Waals surface area contributed by atoms with E-state index < -0.39 is 0 Å². The molecule has 0 radical (unpaired) electrons. The van der Waals surface area contributed by atoms with Crippen LogP contribution < -0.4 is 14.8 Å². The van der Waals surface area contributed by atoms with Gasteiger partial charge < -0.3 is 14.8 Å². The second-order valence-corrected chi connectivity index (χ2v) is 5.22. The van der Waals surface area contributed by atoms with E-state index in [0.29, 0.717) is 23.7 Å². The highest BCUT2D eigenvalue weighted by Crippen LogP contribution is 2.28. The van der Waals surface area contributed by atoms with Gasteiger partial charge in [0.1, 0.15) is 0 Å². The molecule has 1 amide bonds. The number of hydrogen-bond acceptors (Lipinski definition) is 3. The fourth-order valence-corrected chi connectivity index (χ4v) is 2.17. The highest BCUT2D eigenvalue weighted by atomic mass is 16.5. The maximum Gasteiger partial charge on any atom is 0.255 e. The van der Waals surface area contributed by atoms with E-state index >= 15 is 0 Å². The van der Waals surface area contributed by atoms with Crippen LogP contribution in [0.2, 0.25) is 0 Å². The lowest BCUT2D eigenvalue weighted by Gasteiger charge is -2.12. The molecule has 0 aromatic heterocycles. The van der Waals surface area contributed by atoms with E-state index in [1.807, 2.05) is 31.2 Å². The molecule has 4 heteroatoms. The Morgan fingerprint density at radius 2 is 1.78 bits per heavy atom. The van der Waals surface area contributed by atoms with Gasteiger partial charge >= 0.3 is 0 Å². The first kappa shape index (κ1) is 16.9. The molecule has 0 saturated carbocycles. The molecule has 2 aromatic rings. The van der Waals surface area contributed by atoms with Gasteiger partial charge in [-0.3, -0.25) is 4.79 Å². The van der Waals surface area contributed by atoms with E-state index in [2.05, 4.69) is 12.2 Å². The van der Waals surface area contributed by atoms with Crippen molar-refractivity contribution in [3.05, 3.63) is 53.6 Å². The molecule has 0 bridgehead atoms. The van der Waals surface area contributed by atoms with Crippen LogP contribution in [0.5, 0.6) is 11.5 Å². The summed E-state index contributed by atoms with van der Waals surface area (Å²) in [5.41, 5.74) is 2.55. The molecule has 0 aliphatic rings. The van der Waals surface area contributed by atoms with Crippen molar-refractivity contribution in [1.29, 1.82) is 0 Å². The summed E-state index contributed by atoms with van der Waals surface area (Å²) < 4.78 is 10.9. The smallest absolute Gasteiger partial charge is 0.255 e. The lowest BCUT2D eigenvalue weighted by atomic mass is 10.1. The molecule has 0 fully saturated rings. The quantitative estimate of drug-likeness (QED) is 0.829. The van der Waals surface area contributed by atoms with Crippen molar-refractivity contribution in [1.82, 2.24) is 0 Å². The van der Waals surface area contributed by atoms with Crippen molar-refractivity contribution in [3.63, 3.8) is 0 Å². The second kappa shape index (κ2) is 8.22. The monoisotopic (exact) mass is 313 g/mol. The van der Waals surface area contributed by atoms with Crippen LogP contribution in [0.1, 0.15) is 36.2 Å². The van der Waals surface area contributed by atoms with Gasteiger partial charge in [0, 0.05) is 11.3 Å². The number of anilines is 1. The van der Waals surface area contributed by atoms with E-state index in [-0.39, 0.29) is 5.91 Å². The third kappa shape index (κ3) is 4.49. The van der Waals surface area contributed by atoms with Crippen LogP contribution in [0, 0.1) is 0 Å². The third-order valence-electron chi connectivity index (χ3n) is 3.51. The summed E-state index contributed by atoms with van der Waals surface area (Å²) in [7, 11) is 1.57. The lowest BCUT2D eigenvalue weighted by molar-refractivity contribution is 0.102. The van der Waals surface area contributed by atoms with Crippen molar-refractivity contribution in [3.8, 4) is 11.5 Å². The van der Waals surface area contributed by atoms with E-state index in [0.717, 1.165) is 18.5 Å². The fourth-order valence-electron chi connectivity index (χ4n) is 2.17. The number of ether oxygens (including phenoxy) is 2. The zero-order valence-electron chi connectivity index (χ0n) is 13.9. The maximum absolute atomic E-state index is 12.4. The molecule has 1 N–H and O–H groups in total. The molecule has 122 valence electrons. The molecule has 2 aromatic carbocycles. The van der Waals surface area contributed by atoms with Gasteiger partial charge in [0.15, 0.2) is 11.5 Å². The summed E-state index contributed by atoms with van der Waals surface area (Å²) in [6, 6.07) is 13.0. The Morgan fingerprint density at radius 1 is 1.04 bits per heavy atom. The number of rotatable bonds is 7. The largest absolute Gasteiger partial charge is 0.493 e. The Labute approximate surface area is 137 Å². The molecule has 2 rings (SSSR count). The van der Waals surface area contributed by atoms with E-state index in [9.17, 15) is 4.79 Å². The van der Waals surface area contributed by atoms with Crippen LogP contribution in [0.15, 0.2) is 42.5 Å². The molecule has 4 nitrogen and oxygen atoms in total. The normalized spacial score (nSPS) is 10.2.